The Balaban J connectivity index is 2.78. The Morgan fingerprint density at radius 2 is 2.00 bits per heavy atom. The Kier molecular flexibility index (Phi) is 5.17. The summed E-state index contributed by atoms with van der Waals surface area (Å²) in [5.74, 6) is 0.163. The summed E-state index contributed by atoms with van der Waals surface area (Å²) >= 11 is 11.3. The molecule has 7 heteroatoms. The van der Waals surface area contributed by atoms with Gasteiger partial charge in [0, 0.05) is 7.05 Å². The third kappa shape index (κ3) is 3.73. The van der Waals surface area contributed by atoms with Crippen LogP contribution >= 0.6 is 44.1 Å². The second-order valence-electron chi connectivity index (χ2n) is 2.78. The standard InChI is InChI=1S/C9H9Br2N3OS/c1-12-9(16)14-13-4-5-2-6(10)8(15)7(11)3-5/h2-4,15H,1H3,(H2,12,14,16). The number of hydrogen-bond acceptors (Lipinski definition) is 3. The Morgan fingerprint density at radius 1 is 1.44 bits per heavy atom. The molecule has 0 saturated carbocycles. The zero-order valence-corrected chi connectivity index (χ0v) is 12.3. The van der Waals surface area contributed by atoms with E-state index in [0.717, 1.165) is 5.56 Å². The summed E-state index contributed by atoms with van der Waals surface area (Å²) in [7, 11) is 1.71. The fourth-order valence-electron chi connectivity index (χ4n) is 0.881. The van der Waals surface area contributed by atoms with Crippen LogP contribution in [0.3, 0.4) is 0 Å². The molecule has 0 radical (unpaired) electrons. The maximum Gasteiger partial charge on any atom is 0.186 e. The molecule has 3 N–H and O–H groups in total. The van der Waals surface area contributed by atoms with Crippen LogP contribution in [0.4, 0.5) is 0 Å². The van der Waals surface area contributed by atoms with Gasteiger partial charge in [0.25, 0.3) is 0 Å². The average Bonchev–Trinajstić information content (AvgIpc) is 2.25. The van der Waals surface area contributed by atoms with Gasteiger partial charge < -0.3 is 10.4 Å². The van der Waals surface area contributed by atoms with Crippen LogP contribution in [0, 0.1) is 0 Å². The molecular formula is C9H9Br2N3OS. The number of rotatable bonds is 2. The summed E-state index contributed by atoms with van der Waals surface area (Å²) in [5.41, 5.74) is 3.45. The summed E-state index contributed by atoms with van der Waals surface area (Å²) < 4.78 is 1.19. The minimum absolute atomic E-state index is 0.163. The number of phenols is 1. The molecular weight excluding hydrogens is 358 g/mol. The van der Waals surface area contributed by atoms with E-state index in [1.165, 1.54) is 0 Å². The van der Waals surface area contributed by atoms with E-state index in [-0.39, 0.29) is 5.75 Å². The molecule has 0 amide bonds. The fraction of sp³-hybridized carbons (Fsp3) is 0.111. The maximum atomic E-state index is 9.50. The predicted octanol–water partition coefficient (Wildman–Crippen LogP) is 2.34. The summed E-state index contributed by atoms with van der Waals surface area (Å²) in [6, 6.07) is 3.49. The van der Waals surface area contributed by atoms with Crippen molar-refractivity contribution in [2.75, 3.05) is 7.05 Å². The molecule has 1 aromatic rings. The third-order valence-corrected chi connectivity index (χ3v) is 3.15. The average molecular weight is 367 g/mol. The van der Waals surface area contributed by atoms with Gasteiger partial charge in [-0.05, 0) is 61.8 Å². The fourth-order valence-corrected chi connectivity index (χ4v) is 2.16. The Bertz CT molecular complexity index is 414. The van der Waals surface area contributed by atoms with Gasteiger partial charge in [-0.3, -0.25) is 5.43 Å². The van der Waals surface area contributed by atoms with Crippen LogP contribution in [0.25, 0.3) is 0 Å². The van der Waals surface area contributed by atoms with Gasteiger partial charge in [-0.15, -0.1) is 0 Å². The van der Waals surface area contributed by atoms with Gasteiger partial charge in [0.15, 0.2) is 5.11 Å². The number of aromatic hydroxyl groups is 1. The van der Waals surface area contributed by atoms with Crippen molar-refractivity contribution in [3.05, 3.63) is 26.6 Å². The molecule has 0 aliphatic heterocycles. The van der Waals surface area contributed by atoms with Gasteiger partial charge in [0.05, 0.1) is 15.2 Å². The molecule has 0 heterocycles. The molecule has 0 saturated heterocycles. The highest BCUT2D eigenvalue weighted by molar-refractivity contribution is 9.11. The monoisotopic (exact) mass is 365 g/mol. The van der Waals surface area contributed by atoms with Crippen LogP contribution in [0.15, 0.2) is 26.2 Å². The number of hydrogen-bond donors (Lipinski definition) is 3. The van der Waals surface area contributed by atoms with E-state index in [9.17, 15) is 5.11 Å². The van der Waals surface area contributed by atoms with Gasteiger partial charge in [0.2, 0.25) is 0 Å². The molecule has 4 nitrogen and oxygen atoms in total. The van der Waals surface area contributed by atoms with Crippen LogP contribution in [0.5, 0.6) is 5.75 Å². The van der Waals surface area contributed by atoms with Crippen LogP contribution < -0.4 is 10.7 Å². The van der Waals surface area contributed by atoms with Crippen LogP contribution in [-0.2, 0) is 0 Å². The zero-order valence-electron chi connectivity index (χ0n) is 8.29. The van der Waals surface area contributed by atoms with Crippen LogP contribution in [0.2, 0.25) is 0 Å². The molecule has 0 unspecified atom stereocenters. The second kappa shape index (κ2) is 6.17. The molecule has 0 aromatic heterocycles. The van der Waals surface area contributed by atoms with E-state index < -0.39 is 0 Å². The Labute approximate surface area is 115 Å². The first-order chi connectivity index (χ1) is 7.54. The van der Waals surface area contributed by atoms with E-state index >= 15 is 0 Å². The van der Waals surface area contributed by atoms with Crippen molar-refractivity contribution >= 4 is 55.4 Å². The minimum Gasteiger partial charge on any atom is -0.506 e. The van der Waals surface area contributed by atoms with Crippen molar-refractivity contribution in [3.8, 4) is 5.75 Å². The SMILES string of the molecule is CNC(=S)NN=Cc1cc(Br)c(O)c(Br)c1. The van der Waals surface area contributed by atoms with E-state index in [1.54, 1.807) is 25.4 Å². The highest BCUT2D eigenvalue weighted by atomic mass is 79.9. The summed E-state index contributed by atoms with van der Waals surface area (Å²) in [5, 5.41) is 16.6. The van der Waals surface area contributed by atoms with E-state index in [0.29, 0.717) is 14.1 Å². The first kappa shape index (κ1) is 13.4. The molecule has 0 spiro atoms. The number of nitrogens with one attached hydrogen (secondary N) is 2. The maximum absolute atomic E-state index is 9.50. The molecule has 1 rings (SSSR count). The Morgan fingerprint density at radius 3 is 2.50 bits per heavy atom. The van der Waals surface area contributed by atoms with Crippen molar-refractivity contribution in [3.63, 3.8) is 0 Å². The topological polar surface area (TPSA) is 56.7 Å². The first-order valence-electron chi connectivity index (χ1n) is 4.23. The normalized spacial score (nSPS) is 10.4. The molecule has 0 atom stereocenters. The molecule has 16 heavy (non-hydrogen) atoms. The lowest BCUT2D eigenvalue weighted by molar-refractivity contribution is 0.468. The minimum atomic E-state index is 0.163. The van der Waals surface area contributed by atoms with Crippen molar-refractivity contribution in [2.45, 2.75) is 0 Å². The van der Waals surface area contributed by atoms with E-state index in [4.69, 9.17) is 12.2 Å². The second-order valence-corrected chi connectivity index (χ2v) is 4.90. The lowest BCUT2D eigenvalue weighted by Crippen LogP contribution is -2.28. The number of halogens is 2. The van der Waals surface area contributed by atoms with Gasteiger partial charge in [-0.1, -0.05) is 0 Å². The highest BCUT2D eigenvalue weighted by Gasteiger charge is 2.04. The quantitative estimate of drug-likeness (QED) is 0.427. The van der Waals surface area contributed by atoms with Crippen molar-refractivity contribution in [1.82, 2.24) is 10.7 Å². The van der Waals surface area contributed by atoms with Gasteiger partial charge in [-0.2, -0.15) is 5.10 Å². The Hall–Kier alpha value is -0.660. The molecule has 0 bridgehead atoms. The number of phenolic OH excluding ortho intramolecular Hbond substituents is 1. The number of hydrazone groups is 1. The highest BCUT2D eigenvalue weighted by Crippen LogP contribution is 2.32. The van der Waals surface area contributed by atoms with Gasteiger partial charge in [0.1, 0.15) is 5.75 Å². The molecule has 1 aromatic carbocycles. The smallest absolute Gasteiger partial charge is 0.186 e. The molecule has 0 fully saturated rings. The van der Waals surface area contributed by atoms with E-state index in [1.807, 2.05) is 0 Å². The van der Waals surface area contributed by atoms with E-state index in [2.05, 4.69) is 47.7 Å². The zero-order chi connectivity index (χ0) is 12.1. The number of thiocarbonyl (C=S) groups is 1. The molecule has 0 aliphatic carbocycles. The van der Waals surface area contributed by atoms with Gasteiger partial charge in [-0.25, -0.2) is 0 Å². The predicted molar refractivity (Wildman–Crippen MR) is 75.9 cm³/mol. The van der Waals surface area contributed by atoms with Crippen molar-refractivity contribution in [1.29, 1.82) is 0 Å². The lowest BCUT2D eigenvalue weighted by Gasteiger charge is -2.02. The third-order valence-electron chi connectivity index (χ3n) is 1.65. The lowest BCUT2D eigenvalue weighted by atomic mass is 10.2. The molecule has 0 aliphatic rings. The summed E-state index contributed by atoms with van der Waals surface area (Å²) in [4.78, 5) is 0. The van der Waals surface area contributed by atoms with Crippen LogP contribution in [0.1, 0.15) is 5.56 Å². The van der Waals surface area contributed by atoms with Crippen LogP contribution in [-0.4, -0.2) is 23.5 Å². The number of nitrogens with zero attached hydrogens (tertiary/aromatic N) is 1. The largest absolute Gasteiger partial charge is 0.506 e. The number of benzene rings is 1. The van der Waals surface area contributed by atoms with Gasteiger partial charge >= 0.3 is 0 Å². The summed E-state index contributed by atoms with van der Waals surface area (Å²) in [6.07, 6.45) is 1.60. The van der Waals surface area contributed by atoms with Crippen molar-refractivity contribution in [2.24, 2.45) is 5.10 Å². The summed E-state index contributed by atoms with van der Waals surface area (Å²) in [6.45, 7) is 0. The van der Waals surface area contributed by atoms with Crippen molar-refractivity contribution < 1.29 is 5.11 Å². The molecule has 86 valence electrons. The first-order valence-corrected chi connectivity index (χ1v) is 6.23.